The normalized spacial score (nSPS) is 14.5. The number of carbonyl (C=O) groups is 3. The fourth-order valence-electron chi connectivity index (χ4n) is 2.84. The van der Waals surface area contributed by atoms with E-state index in [0.717, 1.165) is 16.9 Å². The number of anilines is 1. The number of esters is 2. The second-order valence-corrected chi connectivity index (χ2v) is 7.63. The number of carbonyl (C=O) groups excluding carboxylic acids is 3. The number of aryl methyl sites for hydroxylation is 1. The predicted molar refractivity (Wildman–Crippen MR) is 120 cm³/mol. The number of amides is 1. The van der Waals surface area contributed by atoms with E-state index in [9.17, 15) is 14.4 Å². The van der Waals surface area contributed by atoms with Crippen LogP contribution in [0, 0.1) is 6.92 Å². The number of hydrazone groups is 1. The summed E-state index contributed by atoms with van der Waals surface area (Å²) in [6, 6.07) is 6.93. The summed E-state index contributed by atoms with van der Waals surface area (Å²) in [7, 11) is 0. The van der Waals surface area contributed by atoms with Crippen molar-refractivity contribution in [2.45, 2.75) is 27.7 Å². The van der Waals surface area contributed by atoms with Gasteiger partial charge in [0.25, 0.3) is 5.91 Å². The number of rotatable bonds is 8. The average Bonchev–Trinajstić information content (AvgIpc) is 3.28. The van der Waals surface area contributed by atoms with Crippen LogP contribution in [0.2, 0.25) is 0 Å². The molecule has 10 heteroatoms. The fourth-order valence-corrected chi connectivity index (χ4v) is 3.76. The highest BCUT2D eigenvalue weighted by Gasteiger charge is 2.32. The Bertz CT molecular complexity index is 1090. The van der Waals surface area contributed by atoms with Crippen molar-refractivity contribution in [1.82, 2.24) is 4.98 Å². The van der Waals surface area contributed by atoms with Crippen molar-refractivity contribution in [2.24, 2.45) is 5.10 Å². The first-order valence-corrected chi connectivity index (χ1v) is 10.8. The lowest BCUT2D eigenvalue weighted by Crippen LogP contribution is -2.21. The molecule has 2 aromatic rings. The molecule has 0 bridgehead atoms. The van der Waals surface area contributed by atoms with E-state index in [-0.39, 0.29) is 19.1 Å². The molecule has 3 rings (SSSR count). The van der Waals surface area contributed by atoms with Gasteiger partial charge >= 0.3 is 11.9 Å². The van der Waals surface area contributed by atoms with Gasteiger partial charge in [-0.25, -0.2) is 14.6 Å². The Labute approximate surface area is 189 Å². The first-order chi connectivity index (χ1) is 15.3. The smallest absolute Gasteiger partial charge is 0.350 e. The molecule has 0 spiro atoms. The van der Waals surface area contributed by atoms with Crippen molar-refractivity contribution in [3.05, 3.63) is 46.0 Å². The fraction of sp³-hybridized carbons (Fsp3) is 0.318. The molecule has 1 aliphatic rings. The Morgan fingerprint density at radius 3 is 2.44 bits per heavy atom. The third kappa shape index (κ3) is 5.20. The zero-order valence-electron chi connectivity index (χ0n) is 18.2. The Morgan fingerprint density at radius 2 is 1.78 bits per heavy atom. The minimum Gasteiger partial charge on any atom is -0.482 e. The van der Waals surface area contributed by atoms with Gasteiger partial charge in [-0.05, 0) is 51.5 Å². The van der Waals surface area contributed by atoms with Crippen LogP contribution in [-0.4, -0.2) is 48.4 Å². The second kappa shape index (κ2) is 10.2. The summed E-state index contributed by atoms with van der Waals surface area (Å²) >= 11 is 1.06. The lowest BCUT2D eigenvalue weighted by atomic mass is 10.1. The first-order valence-electron chi connectivity index (χ1n) is 9.98. The molecule has 0 fully saturated rings. The van der Waals surface area contributed by atoms with Gasteiger partial charge in [-0.15, -0.1) is 0 Å². The van der Waals surface area contributed by atoms with Crippen LogP contribution < -0.4 is 9.75 Å². The number of nitrogens with zero attached hydrogens (tertiary/aromatic N) is 3. The molecule has 1 amide bonds. The summed E-state index contributed by atoms with van der Waals surface area (Å²) in [6.07, 6.45) is 1.71. The van der Waals surface area contributed by atoms with Gasteiger partial charge in [0.05, 0.1) is 30.2 Å². The maximum absolute atomic E-state index is 13.0. The molecule has 0 atom stereocenters. The highest BCUT2D eigenvalue weighted by Crippen LogP contribution is 2.31. The Morgan fingerprint density at radius 1 is 1.09 bits per heavy atom. The molecule has 9 nitrogen and oxygen atoms in total. The Balaban J connectivity index is 1.73. The van der Waals surface area contributed by atoms with Crippen molar-refractivity contribution in [3.8, 4) is 5.75 Å². The lowest BCUT2D eigenvalue weighted by Gasteiger charge is -2.07. The molecule has 0 N–H and O–H groups in total. The van der Waals surface area contributed by atoms with E-state index >= 15 is 0 Å². The van der Waals surface area contributed by atoms with Crippen LogP contribution in [0.4, 0.5) is 5.13 Å². The standard InChI is InChI=1S/C22H23N3O6S/c1-5-29-18(26)12-31-16-9-7-15(8-10-16)11-17-13(3)24-25(20(17)27)22-23-14(4)19(32-22)21(28)30-6-2/h7-11H,5-6,12H2,1-4H3/b17-11+. The van der Waals surface area contributed by atoms with Crippen LogP contribution in [0.5, 0.6) is 5.75 Å². The molecule has 0 aliphatic carbocycles. The summed E-state index contributed by atoms with van der Waals surface area (Å²) in [5, 5.41) is 5.81. The minimum absolute atomic E-state index is 0.172. The molecular formula is C22H23N3O6S. The van der Waals surface area contributed by atoms with Gasteiger partial charge in [-0.3, -0.25) is 4.79 Å². The number of hydrogen-bond donors (Lipinski definition) is 0. The minimum atomic E-state index is -0.470. The molecule has 1 aliphatic heterocycles. The van der Waals surface area contributed by atoms with Gasteiger partial charge in [-0.2, -0.15) is 10.1 Å². The predicted octanol–water partition coefficient (Wildman–Crippen LogP) is 3.38. The Kier molecular flexibility index (Phi) is 7.37. The molecule has 1 aromatic heterocycles. The van der Waals surface area contributed by atoms with E-state index in [4.69, 9.17) is 14.2 Å². The SMILES string of the molecule is CCOC(=O)COc1ccc(/C=C2/C(=O)N(c3nc(C)c(C(=O)OCC)s3)N=C2C)cc1. The summed E-state index contributed by atoms with van der Waals surface area (Å²) in [4.78, 5) is 41.1. The monoisotopic (exact) mass is 457 g/mol. The second-order valence-electron chi connectivity index (χ2n) is 6.65. The molecule has 0 saturated heterocycles. The maximum atomic E-state index is 13.0. The van der Waals surface area contributed by atoms with Crippen LogP contribution in [0.15, 0.2) is 34.9 Å². The topological polar surface area (TPSA) is 107 Å². The lowest BCUT2D eigenvalue weighted by molar-refractivity contribution is -0.145. The van der Waals surface area contributed by atoms with E-state index < -0.39 is 11.9 Å². The van der Waals surface area contributed by atoms with E-state index in [1.54, 1.807) is 58.0 Å². The highest BCUT2D eigenvalue weighted by molar-refractivity contribution is 7.17. The third-order valence-corrected chi connectivity index (χ3v) is 5.46. The number of hydrogen-bond acceptors (Lipinski definition) is 9. The molecule has 0 radical (unpaired) electrons. The first kappa shape index (κ1) is 23.1. The molecule has 0 saturated carbocycles. The van der Waals surface area contributed by atoms with Crippen molar-refractivity contribution in [2.75, 3.05) is 24.8 Å². The molecule has 2 heterocycles. The number of aromatic nitrogens is 1. The maximum Gasteiger partial charge on any atom is 0.350 e. The zero-order valence-corrected chi connectivity index (χ0v) is 19.0. The van der Waals surface area contributed by atoms with E-state index in [2.05, 4.69) is 10.1 Å². The quantitative estimate of drug-likeness (QED) is 0.442. The largest absolute Gasteiger partial charge is 0.482 e. The summed E-state index contributed by atoms with van der Waals surface area (Å²) in [5.74, 6) is -0.739. The average molecular weight is 458 g/mol. The highest BCUT2D eigenvalue weighted by atomic mass is 32.1. The Hall–Kier alpha value is -3.53. The van der Waals surface area contributed by atoms with Crippen molar-refractivity contribution >= 4 is 46.1 Å². The van der Waals surface area contributed by atoms with Crippen LogP contribution in [0.25, 0.3) is 6.08 Å². The number of benzene rings is 1. The van der Waals surface area contributed by atoms with Gasteiger partial charge in [0.1, 0.15) is 10.6 Å². The zero-order chi connectivity index (χ0) is 23.3. The molecule has 1 aromatic carbocycles. The van der Waals surface area contributed by atoms with Gasteiger partial charge in [0, 0.05) is 0 Å². The van der Waals surface area contributed by atoms with E-state index in [0.29, 0.717) is 39.3 Å². The number of thiazole rings is 1. The molecule has 168 valence electrons. The number of ether oxygens (including phenoxy) is 3. The van der Waals surface area contributed by atoms with E-state index in [1.807, 2.05) is 0 Å². The van der Waals surface area contributed by atoms with Gasteiger partial charge in [0.2, 0.25) is 5.13 Å². The van der Waals surface area contributed by atoms with Crippen LogP contribution >= 0.6 is 11.3 Å². The van der Waals surface area contributed by atoms with Crippen molar-refractivity contribution in [1.29, 1.82) is 0 Å². The van der Waals surface area contributed by atoms with Gasteiger partial charge in [-0.1, -0.05) is 23.5 Å². The van der Waals surface area contributed by atoms with Crippen LogP contribution in [0.1, 0.15) is 41.7 Å². The summed E-state index contributed by atoms with van der Waals surface area (Å²) < 4.78 is 15.2. The van der Waals surface area contributed by atoms with Crippen molar-refractivity contribution < 1.29 is 28.6 Å². The summed E-state index contributed by atoms with van der Waals surface area (Å²) in [6.45, 7) is 7.25. The molecule has 0 unspecified atom stereocenters. The van der Waals surface area contributed by atoms with Crippen LogP contribution in [-0.2, 0) is 19.1 Å². The molecular weight excluding hydrogens is 434 g/mol. The van der Waals surface area contributed by atoms with E-state index in [1.165, 1.54) is 5.01 Å². The van der Waals surface area contributed by atoms with Gasteiger partial charge < -0.3 is 14.2 Å². The summed E-state index contributed by atoms with van der Waals surface area (Å²) in [5.41, 5.74) is 2.19. The third-order valence-electron chi connectivity index (χ3n) is 4.34. The molecule has 32 heavy (non-hydrogen) atoms. The van der Waals surface area contributed by atoms with Crippen molar-refractivity contribution in [3.63, 3.8) is 0 Å². The van der Waals surface area contributed by atoms with Crippen LogP contribution in [0.3, 0.4) is 0 Å². The van der Waals surface area contributed by atoms with Gasteiger partial charge in [0.15, 0.2) is 6.61 Å².